The molecule has 3 aliphatic rings. The number of carbonyl (C=O) groups excluding carboxylic acids is 3. The van der Waals surface area contributed by atoms with Crippen molar-refractivity contribution in [1.29, 1.82) is 0 Å². The molecule has 0 aliphatic heterocycles. The lowest BCUT2D eigenvalue weighted by molar-refractivity contribution is -0.152. The summed E-state index contributed by atoms with van der Waals surface area (Å²) in [4.78, 5) is 44.1. The van der Waals surface area contributed by atoms with E-state index in [2.05, 4.69) is 0 Å². The molecule has 1 unspecified atom stereocenters. The van der Waals surface area contributed by atoms with Crippen molar-refractivity contribution in [3.63, 3.8) is 0 Å². The van der Waals surface area contributed by atoms with E-state index in [1.165, 1.54) is 30.0 Å². The van der Waals surface area contributed by atoms with E-state index in [1.807, 2.05) is 18.9 Å². The number of carbonyl (C=O) groups is 3. The fourth-order valence-corrected chi connectivity index (χ4v) is 6.45. The molecule has 206 valence electrons. The normalized spacial score (nSPS) is 31.0. The highest BCUT2D eigenvalue weighted by Crippen LogP contribution is 2.56. The molecule has 38 heavy (non-hydrogen) atoms. The summed E-state index contributed by atoms with van der Waals surface area (Å²) in [6.45, 7) is 4.47. The van der Waals surface area contributed by atoms with Crippen LogP contribution in [-0.2, 0) is 15.2 Å². The largest absolute Gasteiger partial charge is 0.510 e. The highest BCUT2D eigenvalue weighted by atomic mass is 16.3. The van der Waals surface area contributed by atoms with Gasteiger partial charge in [0.1, 0.15) is 22.8 Å². The van der Waals surface area contributed by atoms with Gasteiger partial charge < -0.3 is 30.4 Å². The molecule has 1 aromatic rings. The zero-order valence-electron chi connectivity index (χ0n) is 22.4. The van der Waals surface area contributed by atoms with E-state index in [4.69, 9.17) is 0 Å². The van der Waals surface area contributed by atoms with E-state index < -0.39 is 69.3 Å². The zero-order chi connectivity index (χ0) is 28.3. The Kier molecular flexibility index (Phi) is 7.07. The van der Waals surface area contributed by atoms with E-state index >= 15 is 0 Å². The van der Waals surface area contributed by atoms with Gasteiger partial charge in [-0.25, -0.2) is 0 Å². The van der Waals surface area contributed by atoms with Gasteiger partial charge in [-0.15, -0.1) is 0 Å². The molecule has 1 aromatic carbocycles. The van der Waals surface area contributed by atoms with Crippen molar-refractivity contribution in [3.8, 4) is 5.75 Å². The zero-order valence-corrected chi connectivity index (χ0v) is 22.4. The van der Waals surface area contributed by atoms with Gasteiger partial charge in [0, 0.05) is 30.4 Å². The Hall–Kier alpha value is -3.05. The molecule has 0 spiro atoms. The maximum absolute atomic E-state index is 13.8. The lowest BCUT2D eigenvalue weighted by Gasteiger charge is -2.53. The van der Waals surface area contributed by atoms with Gasteiger partial charge in [0.15, 0.2) is 17.2 Å². The van der Waals surface area contributed by atoms with Crippen LogP contribution in [0.1, 0.15) is 49.0 Å². The van der Waals surface area contributed by atoms with Crippen molar-refractivity contribution in [2.45, 2.75) is 50.4 Å². The predicted octanol–water partition coefficient (Wildman–Crippen LogP) is 1.60. The quantitative estimate of drug-likeness (QED) is 0.329. The molecule has 0 bridgehead atoms. The van der Waals surface area contributed by atoms with Crippen molar-refractivity contribution in [2.24, 2.45) is 11.8 Å². The van der Waals surface area contributed by atoms with Crippen LogP contribution in [-0.4, -0.2) is 98.6 Å². The van der Waals surface area contributed by atoms with Crippen LogP contribution in [0.3, 0.4) is 0 Å². The molecule has 3 aliphatic carbocycles. The topological polar surface area (TPSA) is 159 Å². The van der Waals surface area contributed by atoms with Gasteiger partial charge in [-0.05, 0) is 59.1 Å². The van der Waals surface area contributed by atoms with Crippen molar-refractivity contribution in [3.05, 3.63) is 52.0 Å². The lowest BCUT2D eigenvalue weighted by atomic mass is 9.55. The molecule has 0 radical (unpaired) electrons. The van der Waals surface area contributed by atoms with Crippen LogP contribution >= 0.6 is 0 Å². The molecular formula is C28H36N2O8. The number of phenolic OH excluding ortho intramolecular Hbond substituents is 1. The highest BCUT2D eigenvalue weighted by molar-refractivity contribution is 6.25. The first-order valence-electron chi connectivity index (χ1n) is 12.8. The van der Waals surface area contributed by atoms with Crippen LogP contribution in [0.5, 0.6) is 5.75 Å². The summed E-state index contributed by atoms with van der Waals surface area (Å²) in [5, 5.41) is 56.6. The fraction of sp³-hybridized carbons (Fsp3) is 0.536. The third-order valence-electron chi connectivity index (χ3n) is 8.38. The van der Waals surface area contributed by atoms with E-state index in [0.717, 1.165) is 13.0 Å². The van der Waals surface area contributed by atoms with Crippen molar-refractivity contribution in [2.75, 3.05) is 34.2 Å². The number of nitrogens with zero attached hydrogens (tertiary/aromatic N) is 2. The molecular weight excluding hydrogens is 492 g/mol. The average molecular weight is 529 g/mol. The Bertz CT molecular complexity index is 1260. The predicted molar refractivity (Wildman–Crippen MR) is 138 cm³/mol. The number of ketones is 3. The number of fused-ring (bicyclic) bond motifs is 3. The van der Waals surface area contributed by atoms with Gasteiger partial charge in [-0.1, -0.05) is 19.1 Å². The summed E-state index contributed by atoms with van der Waals surface area (Å²) < 4.78 is 0. The molecule has 0 amide bonds. The van der Waals surface area contributed by atoms with E-state index in [-0.39, 0.29) is 29.5 Å². The maximum atomic E-state index is 13.8. The highest BCUT2D eigenvalue weighted by Gasteiger charge is 2.65. The lowest BCUT2D eigenvalue weighted by Crippen LogP contribution is -2.64. The summed E-state index contributed by atoms with van der Waals surface area (Å²) in [6.07, 6.45) is 0.598. The third-order valence-corrected chi connectivity index (χ3v) is 8.38. The van der Waals surface area contributed by atoms with E-state index in [9.17, 15) is 39.9 Å². The Morgan fingerprint density at radius 2 is 1.74 bits per heavy atom. The van der Waals surface area contributed by atoms with Crippen molar-refractivity contribution in [1.82, 2.24) is 9.80 Å². The summed E-state index contributed by atoms with van der Waals surface area (Å²) in [5.41, 5.74) is -5.50. The first-order chi connectivity index (χ1) is 17.7. The Labute approximate surface area is 221 Å². The standard InChI is InChI=1S/C28H36N2O8/c1-6-11-30(5)12-10-18(32)21-24(34)22(29(3)4)16-13-15-20(25(35)28(16,38)26(21)36)23(33)19-14(27(15,2)37)8-7-9-17(19)31/h7-9,15-16,22,31,34-35,37-38H,6,10-13H2,1-5H3/t15-,16-,22-,27?,28-/m0/s1. The molecule has 4 rings (SSSR count). The van der Waals surface area contributed by atoms with E-state index in [0.29, 0.717) is 6.54 Å². The second-order valence-corrected chi connectivity index (χ2v) is 11.1. The summed E-state index contributed by atoms with van der Waals surface area (Å²) >= 11 is 0. The SMILES string of the molecule is CCCN(C)CCC(=O)C1=C(O)[C@@H](N(C)C)[C@@H]2C[C@H]3C(=C(O)[C@]2(O)C1=O)C(=O)c1c(O)cccc1C3(C)O. The summed E-state index contributed by atoms with van der Waals surface area (Å²) in [6, 6.07) is 3.19. The van der Waals surface area contributed by atoms with Crippen molar-refractivity contribution >= 4 is 17.3 Å². The van der Waals surface area contributed by atoms with Gasteiger partial charge >= 0.3 is 0 Å². The Morgan fingerprint density at radius 3 is 2.34 bits per heavy atom. The van der Waals surface area contributed by atoms with Crippen LogP contribution in [0.4, 0.5) is 0 Å². The molecule has 0 fully saturated rings. The second kappa shape index (κ2) is 9.60. The first-order valence-corrected chi connectivity index (χ1v) is 12.8. The molecule has 5 N–H and O–H groups in total. The van der Waals surface area contributed by atoms with Gasteiger partial charge in [0.2, 0.25) is 5.78 Å². The molecule has 0 saturated heterocycles. The number of rotatable bonds is 7. The van der Waals surface area contributed by atoms with Gasteiger partial charge in [-0.2, -0.15) is 0 Å². The summed E-state index contributed by atoms with van der Waals surface area (Å²) in [7, 11) is 5.02. The number of aliphatic hydroxyl groups excluding tert-OH is 2. The number of likely N-dealkylation sites (N-methyl/N-ethyl adjacent to an activating group) is 1. The Morgan fingerprint density at radius 1 is 1.08 bits per heavy atom. The maximum Gasteiger partial charge on any atom is 0.209 e. The minimum Gasteiger partial charge on any atom is -0.510 e. The van der Waals surface area contributed by atoms with Crippen LogP contribution < -0.4 is 0 Å². The number of hydrogen-bond donors (Lipinski definition) is 5. The van der Waals surface area contributed by atoms with Crippen LogP contribution in [0.25, 0.3) is 0 Å². The first kappa shape index (κ1) is 28.0. The minimum absolute atomic E-state index is 0.0998. The number of aromatic hydroxyl groups is 1. The molecule has 5 atom stereocenters. The number of phenols is 1. The van der Waals surface area contributed by atoms with Gasteiger partial charge in [-0.3, -0.25) is 19.3 Å². The number of Topliss-reactive ketones (excluding diaryl/α,β-unsaturated/α-hetero) is 3. The molecule has 0 aromatic heterocycles. The second-order valence-electron chi connectivity index (χ2n) is 11.1. The monoisotopic (exact) mass is 528 g/mol. The summed E-state index contributed by atoms with van der Waals surface area (Å²) in [5.74, 6) is -6.80. The van der Waals surface area contributed by atoms with Crippen LogP contribution in [0.15, 0.2) is 40.9 Å². The Balaban J connectivity index is 1.88. The number of aliphatic hydroxyl groups is 4. The minimum atomic E-state index is -2.69. The van der Waals surface area contributed by atoms with Crippen LogP contribution in [0, 0.1) is 11.8 Å². The average Bonchev–Trinajstić information content (AvgIpc) is 2.83. The molecule has 10 nitrogen and oxygen atoms in total. The van der Waals surface area contributed by atoms with Crippen LogP contribution in [0.2, 0.25) is 0 Å². The van der Waals surface area contributed by atoms with Gasteiger partial charge in [0.25, 0.3) is 0 Å². The smallest absolute Gasteiger partial charge is 0.209 e. The molecule has 0 heterocycles. The molecule has 0 saturated carbocycles. The number of hydrogen-bond acceptors (Lipinski definition) is 10. The van der Waals surface area contributed by atoms with Gasteiger partial charge in [0.05, 0.1) is 17.2 Å². The van der Waals surface area contributed by atoms with Crippen molar-refractivity contribution < 1.29 is 39.9 Å². The third kappa shape index (κ3) is 3.89. The fourth-order valence-electron chi connectivity index (χ4n) is 6.45. The van der Waals surface area contributed by atoms with E-state index in [1.54, 1.807) is 14.1 Å². The number of benzene rings is 1. The molecule has 10 heteroatoms.